The summed E-state index contributed by atoms with van der Waals surface area (Å²) in [6.45, 7) is 5.78. The Labute approximate surface area is 313 Å². The molecule has 292 valence electrons. The van der Waals surface area contributed by atoms with E-state index in [1.165, 1.54) is 28.4 Å². The number of esters is 1. The molecule has 19 heteroatoms. The zero-order valence-electron chi connectivity index (χ0n) is 29.9. The predicted octanol–water partition coefficient (Wildman–Crippen LogP) is 6.67. The Balaban J connectivity index is 1.32. The van der Waals surface area contributed by atoms with Crippen LogP contribution in [-0.2, 0) is 28.4 Å². The highest BCUT2D eigenvalue weighted by Crippen LogP contribution is 2.39. The van der Waals surface area contributed by atoms with Gasteiger partial charge < -0.3 is 24.3 Å². The number of urea groups is 1. The molecule has 2 atom stereocenters. The van der Waals surface area contributed by atoms with Crippen LogP contribution < -0.4 is 19.6 Å². The third-order valence-corrected chi connectivity index (χ3v) is 10.4. The van der Waals surface area contributed by atoms with Gasteiger partial charge in [0.25, 0.3) is 0 Å². The molecule has 2 unspecified atom stereocenters. The molecule has 0 spiro atoms. The van der Waals surface area contributed by atoms with Crippen molar-refractivity contribution in [1.29, 1.82) is 0 Å². The fourth-order valence-corrected chi connectivity index (χ4v) is 7.40. The van der Waals surface area contributed by atoms with Crippen LogP contribution in [0.5, 0.6) is 0 Å². The normalized spacial score (nSPS) is 19.9. The van der Waals surface area contributed by atoms with Gasteiger partial charge in [0.15, 0.2) is 5.82 Å². The van der Waals surface area contributed by atoms with Crippen molar-refractivity contribution >= 4 is 47.0 Å². The summed E-state index contributed by atoms with van der Waals surface area (Å²) in [5.74, 6) is 0.445. The van der Waals surface area contributed by atoms with Gasteiger partial charge in [-0.15, -0.1) is 0 Å². The molecule has 0 bridgehead atoms. The monoisotopic (exact) mass is 783 g/mol. The van der Waals surface area contributed by atoms with Crippen molar-refractivity contribution in [2.75, 3.05) is 66.0 Å². The summed E-state index contributed by atoms with van der Waals surface area (Å²) >= 11 is 6.70. The van der Waals surface area contributed by atoms with Crippen molar-refractivity contribution in [2.45, 2.75) is 70.5 Å². The smallest absolute Gasteiger partial charge is 0.416 e. The Hall–Kier alpha value is -4.61. The number of carbonyl (C=O) groups excluding carboxylic acids is 2. The van der Waals surface area contributed by atoms with Gasteiger partial charge in [-0.05, 0) is 56.4 Å². The zero-order valence-corrected chi connectivity index (χ0v) is 30.6. The van der Waals surface area contributed by atoms with E-state index in [0.717, 1.165) is 0 Å². The zero-order chi connectivity index (χ0) is 38.9. The minimum atomic E-state index is -5.03. The Bertz CT molecular complexity index is 1790. The van der Waals surface area contributed by atoms with Gasteiger partial charge >= 0.3 is 24.4 Å². The van der Waals surface area contributed by atoms with Crippen LogP contribution in [0.1, 0.15) is 56.2 Å². The van der Waals surface area contributed by atoms with Gasteiger partial charge in [0.1, 0.15) is 5.02 Å². The van der Waals surface area contributed by atoms with Gasteiger partial charge in [0, 0.05) is 52.4 Å². The van der Waals surface area contributed by atoms with Crippen LogP contribution >= 0.6 is 11.6 Å². The second kappa shape index (κ2) is 15.6. The first kappa shape index (κ1) is 39.1. The number of likely N-dealkylation sites (N-methyl/N-ethyl adjacent to an activating group) is 1. The highest BCUT2D eigenvalue weighted by Gasteiger charge is 2.40. The number of anilines is 4. The van der Waals surface area contributed by atoms with E-state index in [1.807, 2.05) is 16.7 Å². The Morgan fingerprint density at radius 1 is 0.944 bits per heavy atom. The van der Waals surface area contributed by atoms with E-state index in [1.54, 1.807) is 18.9 Å². The highest BCUT2D eigenvalue weighted by atomic mass is 35.5. The maximum absolute atomic E-state index is 13.9. The lowest BCUT2D eigenvalue weighted by Gasteiger charge is -2.32. The lowest BCUT2D eigenvalue weighted by molar-refractivity contribution is -0.148. The average Bonchev–Trinajstić information content (AvgIpc) is 3.72. The van der Waals surface area contributed by atoms with Crippen molar-refractivity contribution < 1.29 is 40.7 Å². The molecule has 0 aliphatic carbocycles. The molecule has 3 fully saturated rings. The molecule has 12 nitrogen and oxygen atoms in total. The summed E-state index contributed by atoms with van der Waals surface area (Å²) in [6, 6.07) is 0.557. The largest absolute Gasteiger partial charge is 0.466 e. The molecule has 5 heterocycles. The summed E-state index contributed by atoms with van der Waals surface area (Å²) < 4.78 is 88.5. The molecule has 2 aromatic heterocycles. The topological polar surface area (TPSA) is 111 Å². The van der Waals surface area contributed by atoms with E-state index in [4.69, 9.17) is 21.3 Å². The van der Waals surface area contributed by atoms with Crippen molar-refractivity contribution in [2.24, 2.45) is 5.92 Å². The van der Waals surface area contributed by atoms with Crippen LogP contribution in [-0.4, -0.2) is 95.3 Å². The van der Waals surface area contributed by atoms with Crippen LogP contribution in [0.15, 0.2) is 36.8 Å². The Morgan fingerprint density at radius 3 is 2.15 bits per heavy atom. The molecule has 0 saturated carbocycles. The lowest BCUT2D eigenvalue weighted by atomic mass is 9.97. The van der Waals surface area contributed by atoms with Crippen LogP contribution in [0.4, 0.5) is 54.5 Å². The third-order valence-electron chi connectivity index (χ3n) is 10.1. The Kier molecular flexibility index (Phi) is 11.3. The second-order valence-electron chi connectivity index (χ2n) is 13.6. The Morgan fingerprint density at radius 2 is 1.59 bits per heavy atom. The van der Waals surface area contributed by atoms with Crippen LogP contribution in [0.2, 0.25) is 5.02 Å². The number of benzene rings is 1. The summed E-state index contributed by atoms with van der Waals surface area (Å²) in [5.41, 5.74) is -2.68. The van der Waals surface area contributed by atoms with Gasteiger partial charge in [0.2, 0.25) is 11.9 Å². The number of hydrogen-bond acceptors (Lipinski definition) is 10. The lowest BCUT2D eigenvalue weighted by Crippen LogP contribution is -2.39. The third kappa shape index (κ3) is 8.37. The fraction of sp³-hybridized carbons (Fsp3) is 0.543. The first-order valence-electron chi connectivity index (χ1n) is 17.7. The summed E-state index contributed by atoms with van der Waals surface area (Å²) in [4.78, 5) is 51.7. The molecule has 0 N–H and O–H groups in total. The molecule has 0 radical (unpaired) electrons. The molecule has 3 aliphatic rings. The van der Waals surface area contributed by atoms with Gasteiger partial charge in [-0.1, -0.05) is 18.5 Å². The van der Waals surface area contributed by atoms with E-state index >= 15 is 0 Å². The number of amides is 2. The summed E-state index contributed by atoms with van der Waals surface area (Å²) in [5, 5.41) is 0.263. The first-order valence-corrected chi connectivity index (χ1v) is 18.1. The number of carbonyl (C=O) groups is 2. The quantitative estimate of drug-likeness (QED) is 0.163. The maximum atomic E-state index is 13.9. The van der Waals surface area contributed by atoms with E-state index in [2.05, 4.69) is 15.0 Å². The maximum Gasteiger partial charge on any atom is 0.416 e. The summed E-state index contributed by atoms with van der Waals surface area (Å²) in [7, 11) is 1.65. The van der Waals surface area contributed by atoms with Gasteiger partial charge in [-0.25, -0.2) is 19.7 Å². The van der Waals surface area contributed by atoms with E-state index < -0.39 is 29.5 Å². The molecule has 6 rings (SSSR count). The minimum Gasteiger partial charge on any atom is -0.466 e. The minimum absolute atomic E-state index is 0.0605. The molecule has 54 heavy (non-hydrogen) atoms. The van der Waals surface area contributed by atoms with Gasteiger partial charge in [-0.2, -0.15) is 31.3 Å². The number of aromatic nitrogens is 4. The van der Waals surface area contributed by atoms with E-state index in [0.29, 0.717) is 88.1 Å². The first-order chi connectivity index (χ1) is 25.6. The van der Waals surface area contributed by atoms with Crippen LogP contribution in [0.25, 0.3) is 0 Å². The van der Waals surface area contributed by atoms with Crippen molar-refractivity contribution in [3.8, 4) is 0 Å². The van der Waals surface area contributed by atoms with E-state index in [-0.39, 0.29) is 59.7 Å². The second-order valence-corrected chi connectivity index (χ2v) is 14.0. The number of piperidine rings is 1. The van der Waals surface area contributed by atoms with Gasteiger partial charge in [0.05, 0.1) is 54.0 Å². The molecular weight excluding hydrogens is 744 g/mol. The van der Waals surface area contributed by atoms with Gasteiger partial charge in [-0.3, -0.25) is 9.69 Å². The average molecular weight is 784 g/mol. The molecule has 3 saturated heterocycles. The van der Waals surface area contributed by atoms with Crippen LogP contribution in [0.3, 0.4) is 0 Å². The molecule has 3 aromatic rings. The van der Waals surface area contributed by atoms with Crippen molar-refractivity contribution in [1.82, 2.24) is 24.8 Å². The fourth-order valence-electron chi connectivity index (χ4n) is 7.20. The predicted molar refractivity (Wildman–Crippen MR) is 188 cm³/mol. The number of rotatable bonds is 10. The number of halogens is 7. The van der Waals surface area contributed by atoms with Crippen molar-refractivity contribution in [3.05, 3.63) is 58.5 Å². The summed E-state index contributed by atoms with van der Waals surface area (Å²) in [6.07, 6.45) is -3.57. The number of ether oxygens (including phenoxy) is 1. The van der Waals surface area contributed by atoms with Crippen LogP contribution in [0, 0.1) is 5.92 Å². The van der Waals surface area contributed by atoms with Crippen molar-refractivity contribution in [3.63, 3.8) is 0 Å². The number of hydrogen-bond donors (Lipinski definition) is 0. The van der Waals surface area contributed by atoms with E-state index in [9.17, 15) is 35.9 Å². The number of nitrogens with zero attached hydrogens (tertiary/aromatic N) is 9. The highest BCUT2D eigenvalue weighted by molar-refractivity contribution is 6.32. The molecular formula is C35H40ClF6N9O3. The molecule has 2 amide bonds. The molecule has 3 aliphatic heterocycles. The molecule has 1 aromatic carbocycles. The number of alkyl halides is 6. The standard InChI is InChI=1S/C35H40ClF6N9O3/c1-4-25-15-26(20-50(25)29-28(36)18-45-32(46-29)48-8-6-22(7-9-48)30(52)54-5-2)51(31-43-16-27(17-44-31)49-11-10-47(3)33(49)53)19-21-12-23(34(37,38)39)14-24(13-21)35(40,41)42/h12-14,16-18,22,25-26H,4-11,15,19-20H2,1-3H3. The SMILES string of the molecule is CCOC(=O)C1CCN(c2ncc(Cl)c(N3CC(N(Cc4cc(C(F)(F)F)cc(C(F)(F)F)c4)c4ncc(N5CCN(C)C5=O)cn4)CC3CC)n2)CC1.